The van der Waals surface area contributed by atoms with E-state index in [1.807, 2.05) is 13.0 Å². The van der Waals surface area contributed by atoms with Gasteiger partial charge in [0, 0.05) is 5.56 Å². The Morgan fingerprint density at radius 3 is 2.40 bits per heavy atom. The summed E-state index contributed by atoms with van der Waals surface area (Å²) in [5.41, 5.74) is 6.77. The normalized spacial score (nSPS) is 10.3. The summed E-state index contributed by atoms with van der Waals surface area (Å²) >= 11 is 11.9. The fourth-order valence-corrected chi connectivity index (χ4v) is 2.29. The van der Waals surface area contributed by atoms with Crippen LogP contribution < -0.4 is 10.5 Å². The maximum absolute atomic E-state index is 12.5. The fraction of sp³-hybridized carbons (Fsp3) is 0.133. The van der Waals surface area contributed by atoms with Crippen molar-refractivity contribution in [1.82, 2.24) is 0 Å². The van der Waals surface area contributed by atoms with Crippen LogP contribution in [-0.2, 0) is 0 Å². The molecule has 2 aromatic rings. The van der Waals surface area contributed by atoms with Gasteiger partial charge in [0.15, 0.2) is 5.78 Å². The average Bonchev–Trinajstić information content (AvgIpc) is 2.44. The molecule has 5 heteroatoms. The van der Waals surface area contributed by atoms with Gasteiger partial charge in [0.05, 0.1) is 27.9 Å². The van der Waals surface area contributed by atoms with Crippen LogP contribution in [0.1, 0.15) is 22.8 Å². The molecular weight excluding hydrogens is 297 g/mol. The molecule has 0 heterocycles. The fourth-order valence-electron chi connectivity index (χ4n) is 1.81. The largest absolute Gasteiger partial charge is 0.493 e. The number of anilines is 1. The predicted molar refractivity (Wildman–Crippen MR) is 81.9 cm³/mol. The number of para-hydroxylation sites is 1. The van der Waals surface area contributed by atoms with Crippen molar-refractivity contribution in [2.45, 2.75) is 6.92 Å². The Morgan fingerprint density at radius 2 is 1.80 bits per heavy atom. The zero-order valence-electron chi connectivity index (χ0n) is 10.8. The molecule has 0 saturated carbocycles. The monoisotopic (exact) mass is 309 g/mol. The van der Waals surface area contributed by atoms with Gasteiger partial charge in [-0.05, 0) is 31.2 Å². The lowest BCUT2D eigenvalue weighted by atomic mass is 10.0. The molecule has 0 bridgehead atoms. The highest BCUT2D eigenvalue weighted by Gasteiger charge is 2.16. The molecule has 3 nitrogen and oxygen atoms in total. The average molecular weight is 310 g/mol. The minimum absolute atomic E-state index is 0.210. The van der Waals surface area contributed by atoms with E-state index in [0.717, 1.165) is 0 Å². The summed E-state index contributed by atoms with van der Waals surface area (Å²) in [5, 5.41) is 0.518. The molecule has 0 atom stereocenters. The van der Waals surface area contributed by atoms with Gasteiger partial charge in [0.25, 0.3) is 0 Å². The standard InChI is InChI=1S/C15H13Cl2NO2/c1-2-20-13-6-4-3-5-10(13)15(19)9-7-11(16)14(18)12(17)8-9/h3-8H,2,18H2,1H3. The zero-order chi connectivity index (χ0) is 14.7. The summed E-state index contributed by atoms with van der Waals surface area (Å²) < 4.78 is 5.45. The molecule has 0 aliphatic rings. The van der Waals surface area contributed by atoms with Crippen LogP contribution in [0.2, 0.25) is 10.0 Å². The highest BCUT2D eigenvalue weighted by atomic mass is 35.5. The highest BCUT2D eigenvalue weighted by Crippen LogP contribution is 2.31. The first-order valence-corrected chi connectivity index (χ1v) is 6.81. The van der Waals surface area contributed by atoms with Gasteiger partial charge in [-0.3, -0.25) is 4.79 Å². The van der Waals surface area contributed by atoms with Gasteiger partial charge in [0.2, 0.25) is 0 Å². The second-order valence-corrected chi connectivity index (χ2v) is 4.93. The lowest BCUT2D eigenvalue weighted by Crippen LogP contribution is -2.06. The molecule has 0 aliphatic heterocycles. The van der Waals surface area contributed by atoms with Gasteiger partial charge < -0.3 is 10.5 Å². The van der Waals surface area contributed by atoms with Crippen molar-refractivity contribution in [3.05, 3.63) is 57.6 Å². The van der Waals surface area contributed by atoms with E-state index in [-0.39, 0.29) is 21.5 Å². The Hall–Kier alpha value is -1.71. The van der Waals surface area contributed by atoms with Crippen molar-refractivity contribution in [3.63, 3.8) is 0 Å². The van der Waals surface area contributed by atoms with Crippen molar-refractivity contribution in [2.75, 3.05) is 12.3 Å². The van der Waals surface area contributed by atoms with Gasteiger partial charge in [-0.2, -0.15) is 0 Å². The number of hydrogen-bond donors (Lipinski definition) is 1. The number of carbonyl (C=O) groups is 1. The molecule has 0 aromatic heterocycles. The number of rotatable bonds is 4. The van der Waals surface area contributed by atoms with Crippen LogP contribution in [0.4, 0.5) is 5.69 Å². The highest BCUT2D eigenvalue weighted by molar-refractivity contribution is 6.39. The number of ketones is 1. The molecule has 0 unspecified atom stereocenters. The van der Waals surface area contributed by atoms with Crippen LogP contribution in [0.3, 0.4) is 0 Å². The second-order valence-electron chi connectivity index (χ2n) is 4.11. The van der Waals surface area contributed by atoms with Gasteiger partial charge >= 0.3 is 0 Å². The van der Waals surface area contributed by atoms with Gasteiger partial charge in [-0.15, -0.1) is 0 Å². The molecule has 0 fully saturated rings. The first-order valence-electron chi connectivity index (χ1n) is 6.05. The summed E-state index contributed by atoms with van der Waals surface area (Å²) in [7, 11) is 0. The Bertz CT molecular complexity index is 633. The van der Waals surface area contributed by atoms with E-state index in [1.165, 1.54) is 12.1 Å². The molecule has 2 N–H and O–H groups in total. The maximum atomic E-state index is 12.5. The van der Waals surface area contributed by atoms with Gasteiger partial charge in [-0.1, -0.05) is 35.3 Å². The van der Waals surface area contributed by atoms with E-state index in [4.69, 9.17) is 33.7 Å². The Balaban J connectivity index is 2.46. The molecule has 0 radical (unpaired) electrons. The van der Waals surface area contributed by atoms with Crippen molar-refractivity contribution in [1.29, 1.82) is 0 Å². The van der Waals surface area contributed by atoms with Crippen molar-refractivity contribution < 1.29 is 9.53 Å². The zero-order valence-corrected chi connectivity index (χ0v) is 12.3. The minimum Gasteiger partial charge on any atom is -0.493 e. The first-order chi connectivity index (χ1) is 9.54. The number of halogens is 2. The Kier molecular flexibility index (Phi) is 4.53. The summed E-state index contributed by atoms with van der Waals surface area (Å²) in [6, 6.07) is 10.0. The van der Waals surface area contributed by atoms with Crippen LogP contribution in [-0.4, -0.2) is 12.4 Å². The predicted octanol–water partition coefficient (Wildman–Crippen LogP) is 4.21. The SMILES string of the molecule is CCOc1ccccc1C(=O)c1cc(Cl)c(N)c(Cl)c1. The molecule has 0 spiro atoms. The quantitative estimate of drug-likeness (QED) is 0.680. The van der Waals surface area contributed by atoms with Gasteiger partial charge in [-0.25, -0.2) is 0 Å². The number of hydrogen-bond acceptors (Lipinski definition) is 3. The van der Waals surface area contributed by atoms with Crippen molar-refractivity contribution >= 4 is 34.7 Å². The van der Waals surface area contributed by atoms with E-state index >= 15 is 0 Å². The van der Waals surface area contributed by atoms with Crippen LogP contribution in [0, 0.1) is 0 Å². The number of benzene rings is 2. The van der Waals surface area contributed by atoms with Crippen LogP contribution in [0.25, 0.3) is 0 Å². The number of ether oxygens (including phenoxy) is 1. The third-order valence-electron chi connectivity index (χ3n) is 2.77. The smallest absolute Gasteiger partial charge is 0.196 e. The summed E-state index contributed by atoms with van der Waals surface area (Å²) in [6.07, 6.45) is 0. The summed E-state index contributed by atoms with van der Waals surface area (Å²) in [5.74, 6) is 0.321. The van der Waals surface area contributed by atoms with E-state index in [2.05, 4.69) is 0 Å². The first kappa shape index (κ1) is 14.7. The molecule has 0 amide bonds. The van der Waals surface area contributed by atoms with Crippen LogP contribution in [0.5, 0.6) is 5.75 Å². The topological polar surface area (TPSA) is 52.3 Å². The molecule has 20 heavy (non-hydrogen) atoms. The molecule has 0 aliphatic carbocycles. The van der Waals surface area contributed by atoms with E-state index < -0.39 is 0 Å². The van der Waals surface area contributed by atoms with E-state index in [0.29, 0.717) is 23.5 Å². The van der Waals surface area contributed by atoms with Crippen LogP contribution >= 0.6 is 23.2 Å². The summed E-state index contributed by atoms with van der Waals surface area (Å²) in [6.45, 7) is 2.34. The van der Waals surface area contributed by atoms with Crippen LogP contribution in [0.15, 0.2) is 36.4 Å². The lowest BCUT2D eigenvalue weighted by Gasteiger charge is -2.10. The summed E-state index contributed by atoms with van der Waals surface area (Å²) in [4.78, 5) is 12.5. The molecule has 2 rings (SSSR count). The lowest BCUT2D eigenvalue weighted by molar-refractivity contribution is 0.103. The number of carbonyl (C=O) groups excluding carboxylic acids is 1. The third-order valence-corrected chi connectivity index (χ3v) is 3.40. The molecule has 104 valence electrons. The third kappa shape index (κ3) is 2.89. The second kappa shape index (κ2) is 6.16. The minimum atomic E-state index is -0.210. The van der Waals surface area contributed by atoms with E-state index in [1.54, 1.807) is 18.2 Å². The number of nitrogen functional groups attached to an aromatic ring is 1. The number of nitrogens with two attached hydrogens (primary N) is 1. The van der Waals surface area contributed by atoms with E-state index in [9.17, 15) is 4.79 Å². The maximum Gasteiger partial charge on any atom is 0.196 e. The Labute approximate surface area is 127 Å². The molecular formula is C15H13Cl2NO2. The van der Waals surface area contributed by atoms with Crippen molar-refractivity contribution in [3.8, 4) is 5.75 Å². The van der Waals surface area contributed by atoms with Crippen molar-refractivity contribution in [2.24, 2.45) is 0 Å². The molecule has 2 aromatic carbocycles. The van der Waals surface area contributed by atoms with Gasteiger partial charge in [0.1, 0.15) is 5.75 Å². The Morgan fingerprint density at radius 1 is 1.20 bits per heavy atom. The molecule has 0 saturated heterocycles.